The number of carbonyl (C=O) groups excluding carboxylic acids is 2. The monoisotopic (exact) mass is 357 g/mol. The van der Waals surface area contributed by atoms with E-state index in [1.807, 2.05) is 0 Å². The van der Waals surface area contributed by atoms with Crippen LogP contribution in [0.3, 0.4) is 0 Å². The van der Waals surface area contributed by atoms with Gasteiger partial charge in [0, 0.05) is 23.7 Å². The van der Waals surface area contributed by atoms with E-state index in [0.717, 1.165) is 0 Å². The molecule has 23 heavy (non-hydrogen) atoms. The second-order valence-corrected chi connectivity index (χ2v) is 8.51. The summed E-state index contributed by atoms with van der Waals surface area (Å²) in [6.45, 7) is 0.220. The Labute approximate surface area is 139 Å². The molecule has 1 amide bonds. The minimum absolute atomic E-state index is 0.0448. The van der Waals surface area contributed by atoms with Gasteiger partial charge in [-0.1, -0.05) is 17.7 Å². The fourth-order valence-corrected chi connectivity index (χ4v) is 4.65. The molecule has 1 aromatic rings. The van der Waals surface area contributed by atoms with Crippen LogP contribution < -0.4 is 4.90 Å². The maximum absolute atomic E-state index is 12.2. The summed E-state index contributed by atoms with van der Waals surface area (Å²) in [4.78, 5) is 25.8. The van der Waals surface area contributed by atoms with Crippen molar-refractivity contribution >= 4 is 39.0 Å². The van der Waals surface area contributed by atoms with Crippen LogP contribution in [0.1, 0.15) is 12.8 Å². The number of nitrogens with zero attached hydrogens (tertiary/aromatic N) is 1. The molecule has 0 bridgehead atoms. The summed E-state index contributed by atoms with van der Waals surface area (Å²) in [5.41, 5.74) is 0.640. The van der Waals surface area contributed by atoms with Crippen LogP contribution in [-0.2, 0) is 24.2 Å². The summed E-state index contributed by atoms with van der Waals surface area (Å²) in [6, 6.07) is 6.86. The van der Waals surface area contributed by atoms with Crippen molar-refractivity contribution in [2.75, 3.05) is 23.0 Å². The van der Waals surface area contributed by atoms with Gasteiger partial charge in [0.05, 0.1) is 17.4 Å². The summed E-state index contributed by atoms with van der Waals surface area (Å²) in [5, 5.41) is 0.512. The van der Waals surface area contributed by atoms with Crippen LogP contribution >= 0.6 is 11.6 Å². The summed E-state index contributed by atoms with van der Waals surface area (Å²) < 4.78 is 28.1. The fourth-order valence-electron chi connectivity index (χ4n) is 2.87. The normalized spacial score (nSPS) is 26.5. The van der Waals surface area contributed by atoms with E-state index in [9.17, 15) is 18.0 Å². The zero-order valence-electron chi connectivity index (χ0n) is 12.3. The van der Waals surface area contributed by atoms with Gasteiger partial charge >= 0.3 is 5.97 Å². The highest BCUT2D eigenvalue weighted by Crippen LogP contribution is 2.28. The van der Waals surface area contributed by atoms with Gasteiger partial charge < -0.3 is 9.64 Å². The summed E-state index contributed by atoms with van der Waals surface area (Å²) >= 11 is 5.92. The molecule has 2 heterocycles. The molecule has 3 rings (SSSR count). The van der Waals surface area contributed by atoms with Gasteiger partial charge in [-0.25, -0.2) is 8.42 Å². The first-order chi connectivity index (χ1) is 10.8. The van der Waals surface area contributed by atoms with Crippen molar-refractivity contribution < 1.29 is 22.7 Å². The van der Waals surface area contributed by atoms with Gasteiger partial charge in [-0.15, -0.1) is 0 Å². The Morgan fingerprint density at radius 2 is 2.13 bits per heavy atom. The number of amides is 1. The quantitative estimate of drug-likeness (QED) is 0.764. The lowest BCUT2D eigenvalue weighted by Crippen LogP contribution is -2.28. The van der Waals surface area contributed by atoms with Crippen LogP contribution in [0.15, 0.2) is 24.3 Å². The predicted molar refractivity (Wildman–Crippen MR) is 85.1 cm³/mol. The molecule has 0 N–H and O–H groups in total. The number of hydrogen-bond acceptors (Lipinski definition) is 5. The molecule has 2 fully saturated rings. The van der Waals surface area contributed by atoms with Crippen LogP contribution in [-0.4, -0.2) is 44.4 Å². The topological polar surface area (TPSA) is 80.8 Å². The zero-order valence-corrected chi connectivity index (χ0v) is 13.8. The van der Waals surface area contributed by atoms with E-state index in [4.69, 9.17) is 16.3 Å². The minimum Gasteiger partial charge on any atom is -0.461 e. The van der Waals surface area contributed by atoms with Crippen LogP contribution in [0.25, 0.3) is 0 Å². The second kappa shape index (κ2) is 6.13. The molecule has 1 aromatic carbocycles. The number of benzene rings is 1. The number of carbonyl (C=O) groups is 2. The summed E-state index contributed by atoms with van der Waals surface area (Å²) in [7, 11) is -3.10. The third-order valence-electron chi connectivity index (χ3n) is 4.05. The molecule has 8 heteroatoms. The van der Waals surface area contributed by atoms with E-state index in [0.29, 0.717) is 17.1 Å². The highest BCUT2D eigenvalue weighted by Gasteiger charge is 2.39. The first-order valence-corrected chi connectivity index (χ1v) is 9.51. The third kappa shape index (κ3) is 3.67. The number of halogens is 1. The molecule has 0 unspecified atom stereocenters. The van der Waals surface area contributed by atoms with Gasteiger partial charge in [-0.05, 0) is 24.6 Å². The lowest BCUT2D eigenvalue weighted by atomic mass is 10.1. The first kappa shape index (κ1) is 16.3. The molecule has 0 radical (unpaired) electrons. The van der Waals surface area contributed by atoms with E-state index < -0.39 is 27.8 Å². The molecule has 6 nitrogen and oxygen atoms in total. The van der Waals surface area contributed by atoms with E-state index in [1.54, 1.807) is 24.3 Å². The smallest absolute Gasteiger partial charge is 0.311 e. The molecule has 0 spiro atoms. The lowest BCUT2D eigenvalue weighted by Gasteiger charge is -2.17. The Kier molecular flexibility index (Phi) is 4.33. The number of hydrogen-bond donors (Lipinski definition) is 0. The fraction of sp³-hybridized carbons (Fsp3) is 0.467. The van der Waals surface area contributed by atoms with Crippen molar-refractivity contribution in [2.24, 2.45) is 5.92 Å². The van der Waals surface area contributed by atoms with Crippen molar-refractivity contribution in [1.29, 1.82) is 0 Å². The van der Waals surface area contributed by atoms with Crippen LogP contribution in [0.5, 0.6) is 0 Å². The number of esters is 1. The van der Waals surface area contributed by atoms with Gasteiger partial charge in [-0.3, -0.25) is 9.59 Å². The average Bonchev–Trinajstić information content (AvgIpc) is 3.01. The van der Waals surface area contributed by atoms with Crippen molar-refractivity contribution in [3.63, 3.8) is 0 Å². The van der Waals surface area contributed by atoms with Gasteiger partial charge in [-0.2, -0.15) is 0 Å². The Morgan fingerprint density at radius 1 is 1.35 bits per heavy atom. The SMILES string of the molecule is O=C(O[C@H]1CCS(=O)(=O)C1)[C@@H]1CC(=O)N(c2cccc(Cl)c2)C1. The molecule has 2 aliphatic rings. The number of anilines is 1. The highest BCUT2D eigenvalue weighted by molar-refractivity contribution is 7.91. The highest BCUT2D eigenvalue weighted by atomic mass is 35.5. The van der Waals surface area contributed by atoms with Crippen LogP contribution in [0, 0.1) is 5.92 Å². The third-order valence-corrected chi connectivity index (χ3v) is 6.02. The maximum atomic E-state index is 12.2. The van der Waals surface area contributed by atoms with E-state index in [-0.39, 0.29) is 30.4 Å². The van der Waals surface area contributed by atoms with Crippen molar-refractivity contribution in [3.05, 3.63) is 29.3 Å². The van der Waals surface area contributed by atoms with Crippen LogP contribution in [0.2, 0.25) is 5.02 Å². The Balaban J connectivity index is 1.64. The Morgan fingerprint density at radius 3 is 2.78 bits per heavy atom. The Hall–Kier alpha value is -1.60. The Bertz CT molecular complexity index is 748. The average molecular weight is 358 g/mol. The van der Waals surface area contributed by atoms with Crippen molar-refractivity contribution in [3.8, 4) is 0 Å². The molecule has 124 valence electrons. The molecule has 0 aliphatic carbocycles. The molecule has 2 saturated heterocycles. The molecule has 0 aromatic heterocycles. The van der Waals surface area contributed by atoms with E-state index in [2.05, 4.69) is 0 Å². The maximum Gasteiger partial charge on any atom is 0.311 e. The minimum atomic E-state index is -3.10. The summed E-state index contributed by atoms with van der Waals surface area (Å²) in [5.74, 6) is -1.34. The molecule has 2 atom stereocenters. The number of ether oxygens (including phenoxy) is 1. The zero-order chi connectivity index (χ0) is 16.6. The number of sulfone groups is 1. The lowest BCUT2D eigenvalue weighted by molar-refractivity contribution is -0.152. The largest absolute Gasteiger partial charge is 0.461 e. The molecular formula is C15H16ClNO5S. The van der Waals surface area contributed by atoms with Crippen LogP contribution in [0.4, 0.5) is 5.69 Å². The van der Waals surface area contributed by atoms with Crippen molar-refractivity contribution in [2.45, 2.75) is 18.9 Å². The van der Waals surface area contributed by atoms with E-state index >= 15 is 0 Å². The summed E-state index contributed by atoms with van der Waals surface area (Å²) in [6.07, 6.45) is -0.208. The molecular weight excluding hydrogens is 342 g/mol. The predicted octanol–water partition coefficient (Wildman–Crippen LogP) is 1.42. The standard InChI is InChI=1S/C15H16ClNO5S/c16-11-2-1-3-12(7-11)17-8-10(6-14(17)18)15(19)22-13-4-5-23(20,21)9-13/h1-3,7,10,13H,4-6,8-9H2/t10-,13+/m1/s1. The van der Waals surface area contributed by atoms with Crippen molar-refractivity contribution in [1.82, 2.24) is 0 Å². The second-order valence-electron chi connectivity index (χ2n) is 5.85. The van der Waals surface area contributed by atoms with Gasteiger partial charge in [0.2, 0.25) is 5.91 Å². The number of rotatable bonds is 3. The first-order valence-electron chi connectivity index (χ1n) is 7.31. The molecule has 2 aliphatic heterocycles. The van der Waals surface area contributed by atoms with Gasteiger partial charge in [0.15, 0.2) is 9.84 Å². The van der Waals surface area contributed by atoms with Gasteiger partial charge in [0.25, 0.3) is 0 Å². The van der Waals surface area contributed by atoms with Gasteiger partial charge in [0.1, 0.15) is 6.10 Å². The molecule has 0 saturated carbocycles. The van der Waals surface area contributed by atoms with E-state index in [1.165, 1.54) is 4.90 Å².